The largest absolute Gasteiger partial charge is 0.467 e. The molecule has 164 valence electrons. The molecule has 0 spiro atoms. The molecule has 1 aliphatic heterocycles. The number of thioether (sulfide) groups is 1. The molecule has 0 bridgehead atoms. The number of piperidine rings is 1. The van der Waals surface area contributed by atoms with E-state index in [0.29, 0.717) is 6.54 Å². The maximum absolute atomic E-state index is 12.6. The molecule has 0 aliphatic carbocycles. The highest BCUT2D eigenvalue weighted by Crippen LogP contribution is 2.27. The molecule has 31 heavy (non-hydrogen) atoms. The number of furan rings is 1. The van der Waals surface area contributed by atoms with Crippen molar-refractivity contribution < 1.29 is 9.21 Å². The predicted molar refractivity (Wildman–Crippen MR) is 124 cm³/mol. The highest BCUT2D eigenvalue weighted by molar-refractivity contribution is 7.99. The summed E-state index contributed by atoms with van der Waals surface area (Å²) in [6.07, 6.45) is 3.97. The Bertz CT molecular complexity index is 1020. The van der Waals surface area contributed by atoms with E-state index >= 15 is 0 Å². The molecule has 0 unspecified atom stereocenters. The predicted octanol–water partition coefficient (Wildman–Crippen LogP) is 4.50. The van der Waals surface area contributed by atoms with E-state index in [1.165, 1.54) is 11.8 Å². The van der Waals surface area contributed by atoms with Gasteiger partial charge in [0.2, 0.25) is 11.9 Å². The van der Waals surface area contributed by atoms with Crippen LogP contribution in [-0.2, 0) is 11.3 Å². The highest BCUT2D eigenvalue weighted by atomic mass is 32.2. The van der Waals surface area contributed by atoms with E-state index in [-0.39, 0.29) is 11.7 Å². The quantitative estimate of drug-likeness (QED) is 0.546. The second kappa shape index (κ2) is 9.60. The third-order valence-corrected chi connectivity index (χ3v) is 6.84. The van der Waals surface area contributed by atoms with E-state index in [0.717, 1.165) is 65.5 Å². The average molecular weight is 440 g/mol. The number of carbonyl (C=O) groups is 1. The summed E-state index contributed by atoms with van der Waals surface area (Å²) in [7, 11) is 0. The molecule has 0 saturated carbocycles. The number of hydrogen-bond donors (Lipinski definition) is 1. The first kappa shape index (κ1) is 21.5. The molecule has 1 aromatic carbocycles. The number of rotatable bonds is 7. The topological polar surface area (TPSA) is 76.2 Å². The normalized spacial score (nSPS) is 14.7. The summed E-state index contributed by atoms with van der Waals surface area (Å²) in [5.74, 6) is 2.63. The zero-order valence-corrected chi connectivity index (χ0v) is 19.1. The molecule has 1 aliphatic rings. The van der Waals surface area contributed by atoms with Gasteiger partial charge in [-0.15, -0.1) is 10.2 Å². The molecule has 1 saturated heterocycles. The van der Waals surface area contributed by atoms with E-state index < -0.39 is 0 Å². The maximum atomic E-state index is 12.6. The number of nitrogens with one attached hydrogen (secondary N) is 1. The van der Waals surface area contributed by atoms with Crippen LogP contribution in [0.3, 0.4) is 0 Å². The average Bonchev–Trinajstić information content (AvgIpc) is 3.41. The Labute approximate surface area is 187 Å². The van der Waals surface area contributed by atoms with E-state index in [2.05, 4.69) is 31.9 Å². The lowest BCUT2D eigenvalue weighted by Crippen LogP contribution is -2.35. The Hall–Kier alpha value is -2.74. The summed E-state index contributed by atoms with van der Waals surface area (Å²) in [6, 6.07) is 9.76. The third kappa shape index (κ3) is 5.12. The van der Waals surface area contributed by atoms with E-state index in [9.17, 15) is 4.79 Å². The fourth-order valence-electron chi connectivity index (χ4n) is 3.73. The van der Waals surface area contributed by atoms with Crippen LogP contribution >= 0.6 is 11.8 Å². The van der Waals surface area contributed by atoms with Crippen LogP contribution in [0.25, 0.3) is 0 Å². The van der Waals surface area contributed by atoms with Gasteiger partial charge in [-0.2, -0.15) is 0 Å². The Kier molecular flexibility index (Phi) is 6.65. The van der Waals surface area contributed by atoms with Crippen molar-refractivity contribution in [2.75, 3.05) is 29.1 Å². The van der Waals surface area contributed by atoms with Crippen molar-refractivity contribution in [1.82, 2.24) is 14.8 Å². The molecule has 3 aromatic rings. The van der Waals surface area contributed by atoms with Gasteiger partial charge in [-0.25, -0.2) is 0 Å². The summed E-state index contributed by atoms with van der Waals surface area (Å²) >= 11 is 1.40. The van der Waals surface area contributed by atoms with Crippen LogP contribution in [0.5, 0.6) is 0 Å². The first-order chi connectivity index (χ1) is 15.0. The van der Waals surface area contributed by atoms with Crippen molar-refractivity contribution in [3.05, 3.63) is 53.5 Å². The Morgan fingerprint density at radius 1 is 1.19 bits per heavy atom. The standard InChI is InChI=1S/C23H29N5O2S/c1-16-9-11-27(12-10-16)22-25-26-23(28(22)14-19-7-5-13-30-19)31-15-21(29)24-20-8-4-6-17(2)18(20)3/h4-8,13,16H,9-12,14-15H2,1-3H3,(H,24,29). The van der Waals surface area contributed by atoms with Gasteiger partial charge in [-0.05, 0) is 61.9 Å². The number of carbonyl (C=O) groups excluding carboxylic acids is 1. The van der Waals surface area contributed by atoms with Gasteiger partial charge in [0.25, 0.3) is 0 Å². The van der Waals surface area contributed by atoms with Crippen molar-refractivity contribution in [3.63, 3.8) is 0 Å². The van der Waals surface area contributed by atoms with Crippen molar-refractivity contribution >= 4 is 29.3 Å². The number of anilines is 2. The molecule has 8 heteroatoms. The van der Waals surface area contributed by atoms with Gasteiger partial charge in [0.05, 0.1) is 18.6 Å². The van der Waals surface area contributed by atoms with Crippen LogP contribution in [0.1, 0.15) is 36.7 Å². The highest BCUT2D eigenvalue weighted by Gasteiger charge is 2.23. The van der Waals surface area contributed by atoms with Crippen molar-refractivity contribution in [1.29, 1.82) is 0 Å². The molecule has 1 N–H and O–H groups in total. The van der Waals surface area contributed by atoms with Gasteiger partial charge in [0.15, 0.2) is 5.16 Å². The first-order valence-electron chi connectivity index (χ1n) is 10.7. The van der Waals surface area contributed by atoms with Crippen LogP contribution in [0.2, 0.25) is 0 Å². The lowest BCUT2D eigenvalue weighted by atomic mass is 10.00. The summed E-state index contributed by atoms with van der Waals surface area (Å²) in [5.41, 5.74) is 3.10. The minimum absolute atomic E-state index is 0.0559. The van der Waals surface area contributed by atoms with E-state index in [1.807, 2.05) is 44.2 Å². The van der Waals surface area contributed by atoms with Gasteiger partial charge in [-0.3, -0.25) is 9.36 Å². The molecule has 7 nitrogen and oxygen atoms in total. The van der Waals surface area contributed by atoms with Crippen molar-refractivity contribution in [2.24, 2.45) is 5.92 Å². The summed E-state index contributed by atoms with van der Waals surface area (Å²) < 4.78 is 7.63. The molecule has 1 fully saturated rings. The molecule has 2 aromatic heterocycles. The van der Waals surface area contributed by atoms with Crippen LogP contribution in [0, 0.1) is 19.8 Å². The summed E-state index contributed by atoms with van der Waals surface area (Å²) in [4.78, 5) is 14.9. The zero-order chi connectivity index (χ0) is 21.8. The lowest BCUT2D eigenvalue weighted by molar-refractivity contribution is -0.113. The first-order valence-corrected chi connectivity index (χ1v) is 11.7. The SMILES string of the molecule is Cc1cccc(NC(=O)CSc2nnc(N3CCC(C)CC3)n2Cc2ccco2)c1C. The zero-order valence-electron chi connectivity index (χ0n) is 18.3. The van der Waals surface area contributed by atoms with Gasteiger partial charge in [-0.1, -0.05) is 30.8 Å². The lowest BCUT2D eigenvalue weighted by Gasteiger charge is -2.31. The molecule has 0 radical (unpaired) electrons. The second-order valence-corrected chi connectivity index (χ2v) is 9.14. The summed E-state index contributed by atoms with van der Waals surface area (Å²) in [5, 5.41) is 12.6. The molecular formula is C23H29N5O2S. The van der Waals surface area contributed by atoms with Crippen molar-refractivity contribution in [2.45, 2.75) is 45.3 Å². The number of hydrogen-bond acceptors (Lipinski definition) is 6. The molecule has 1 amide bonds. The van der Waals surface area contributed by atoms with Crippen LogP contribution < -0.4 is 10.2 Å². The fourth-order valence-corrected chi connectivity index (χ4v) is 4.46. The van der Waals surface area contributed by atoms with Gasteiger partial charge >= 0.3 is 0 Å². The molecule has 0 atom stereocenters. The Morgan fingerprint density at radius 2 is 2.00 bits per heavy atom. The van der Waals surface area contributed by atoms with Gasteiger partial charge in [0, 0.05) is 18.8 Å². The third-order valence-electron chi connectivity index (χ3n) is 5.87. The molecule has 3 heterocycles. The second-order valence-electron chi connectivity index (χ2n) is 8.20. The number of nitrogens with zero attached hydrogens (tertiary/aromatic N) is 4. The minimum Gasteiger partial charge on any atom is -0.467 e. The Balaban J connectivity index is 1.48. The fraction of sp³-hybridized carbons (Fsp3) is 0.435. The van der Waals surface area contributed by atoms with Crippen LogP contribution in [0.4, 0.5) is 11.6 Å². The maximum Gasteiger partial charge on any atom is 0.234 e. The Morgan fingerprint density at radius 3 is 2.74 bits per heavy atom. The summed E-state index contributed by atoms with van der Waals surface area (Å²) in [6.45, 7) is 8.83. The molecular weight excluding hydrogens is 410 g/mol. The van der Waals surface area contributed by atoms with E-state index in [1.54, 1.807) is 6.26 Å². The number of aryl methyl sites for hydroxylation is 1. The van der Waals surface area contributed by atoms with Crippen LogP contribution in [-0.4, -0.2) is 39.5 Å². The van der Waals surface area contributed by atoms with Crippen LogP contribution in [0.15, 0.2) is 46.2 Å². The smallest absolute Gasteiger partial charge is 0.234 e. The molecule has 4 rings (SSSR count). The monoisotopic (exact) mass is 439 g/mol. The number of benzene rings is 1. The number of aromatic nitrogens is 3. The van der Waals surface area contributed by atoms with Crippen molar-refractivity contribution in [3.8, 4) is 0 Å². The number of amides is 1. The van der Waals surface area contributed by atoms with Gasteiger partial charge in [0.1, 0.15) is 5.76 Å². The van der Waals surface area contributed by atoms with Gasteiger partial charge < -0.3 is 14.6 Å². The minimum atomic E-state index is -0.0559. The van der Waals surface area contributed by atoms with E-state index in [4.69, 9.17) is 4.42 Å².